The number of aromatic nitrogens is 2. The zero-order valence-electron chi connectivity index (χ0n) is 19.3. The van der Waals surface area contributed by atoms with Crippen molar-refractivity contribution in [3.63, 3.8) is 0 Å². The van der Waals surface area contributed by atoms with Crippen LogP contribution in [-0.2, 0) is 17.6 Å². The van der Waals surface area contributed by atoms with Gasteiger partial charge in [0.1, 0.15) is 17.5 Å². The first-order valence-electron chi connectivity index (χ1n) is 10.9. The number of carboxylic acid groups (broad SMARTS) is 1. The molecular formula is C25H32N4O3. The Morgan fingerprint density at radius 1 is 1.09 bits per heavy atom. The summed E-state index contributed by atoms with van der Waals surface area (Å²) in [6.07, 6.45) is 2.83. The molecule has 3 aromatic rings. The molecule has 2 aromatic heterocycles. The number of amides is 1. The van der Waals surface area contributed by atoms with Crippen molar-refractivity contribution in [1.29, 1.82) is 0 Å². The summed E-state index contributed by atoms with van der Waals surface area (Å²) in [5, 5.41) is 15.8. The second-order valence-electron chi connectivity index (χ2n) is 9.58. The standard InChI is InChI=1S/C25H32N4O3/c1-16(2)13-19-22(28-25(3,4)5)29-12-11-18(15-21(29)26-19)23(30)27-20(24(31)32)14-17-9-7-6-8-10-17/h6-12,15-16,20,28H,13-14H2,1-5H3,(H,27,30)(H,31,32). The Kier molecular flexibility index (Phi) is 6.87. The maximum Gasteiger partial charge on any atom is 0.326 e. The van der Waals surface area contributed by atoms with Crippen molar-refractivity contribution < 1.29 is 14.7 Å². The Bertz CT molecular complexity index is 1100. The van der Waals surface area contributed by atoms with Crippen LogP contribution in [0.2, 0.25) is 0 Å². The number of aliphatic carboxylic acids is 1. The molecule has 0 aliphatic rings. The van der Waals surface area contributed by atoms with E-state index in [0.717, 1.165) is 23.5 Å². The number of pyridine rings is 1. The molecule has 1 amide bonds. The number of carbonyl (C=O) groups is 2. The number of fused-ring (bicyclic) bond motifs is 1. The topological polar surface area (TPSA) is 95.7 Å². The fraction of sp³-hybridized carbons (Fsp3) is 0.400. The van der Waals surface area contributed by atoms with Crippen molar-refractivity contribution in [2.75, 3.05) is 5.32 Å². The van der Waals surface area contributed by atoms with Crippen molar-refractivity contribution in [2.45, 2.75) is 59.0 Å². The van der Waals surface area contributed by atoms with E-state index in [1.54, 1.807) is 12.1 Å². The van der Waals surface area contributed by atoms with Gasteiger partial charge in [0.05, 0.1) is 5.69 Å². The van der Waals surface area contributed by atoms with Crippen LogP contribution in [0.4, 0.5) is 5.82 Å². The Labute approximate surface area is 188 Å². The first kappa shape index (κ1) is 23.3. The molecule has 170 valence electrons. The number of carboxylic acids is 1. The Morgan fingerprint density at radius 2 is 1.78 bits per heavy atom. The molecule has 1 aromatic carbocycles. The van der Waals surface area contributed by atoms with Gasteiger partial charge in [0, 0.05) is 23.7 Å². The number of hydrogen-bond donors (Lipinski definition) is 3. The molecule has 1 atom stereocenters. The van der Waals surface area contributed by atoms with E-state index in [4.69, 9.17) is 4.98 Å². The summed E-state index contributed by atoms with van der Waals surface area (Å²) in [4.78, 5) is 29.4. The van der Waals surface area contributed by atoms with E-state index in [1.807, 2.05) is 40.9 Å². The maximum atomic E-state index is 12.9. The molecule has 32 heavy (non-hydrogen) atoms. The minimum Gasteiger partial charge on any atom is -0.480 e. The number of nitrogens with one attached hydrogen (secondary N) is 2. The van der Waals surface area contributed by atoms with Crippen LogP contribution in [0.3, 0.4) is 0 Å². The lowest BCUT2D eigenvalue weighted by Gasteiger charge is -2.23. The van der Waals surface area contributed by atoms with E-state index < -0.39 is 17.9 Å². The number of imidazole rings is 1. The van der Waals surface area contributed by atoms with E-state index >= 15 is 0 Å². The predicted molar refractivity (Wildman–Crippen MR) is 126 cm³/mol. The van der Waals surface area contributed by atoms with E-state index in [-0.39, 0.29) is 12.0 Å². The fourth-order valence-corrected chi connectivity index (χ4v) is 3.54. The molecule has 0 spiro atoms. The molecule has 0 radical (unpaired) electrons. The van der Waals surface area contributed by atoms with Crippen molar-refractivity contribution in [1.82, 2.24) is 14.7 Å². The maximum absolute atomic E-state index is 12.9. The van der Waals surface area contributed by atoms with Crippen LogP contribution in [0.1, 0.15) is 56.2 Å². The number of rotatable bonds is 8. The lowest BCUT2D eigenvalue weighted by molar-refractivity contribution is -0.139. The highest BCUT2D eigenvalue weighted by Crippen LogP contribution is 2.25. The van der Waals surface area contributed by atoms with Gasteiger partial charge in [0.2, 0.25) is 0 Å². The molecule has 0 fully saturated rings. The van der Waals surface area contributed by atoms with Gasteiger partial charge in [-0.15, -0.1) is 0 Å². The molecule has 0 aliphatic carbocycles. The second-order valence-corrected chi connectivity index (χ2v) is 9.58. The summed E-state index contributed by atoms with van der Waals surface area (Å²) in [6.45, 7) is 10.6. The van der Waals surface area contributed by atoms with Gasteiger partial charge < -0.3 is 15.7 Å². The monoisotopic (exact) mass is 436 g/mol. The molecule has 0 saturated heterocycles. The highest BCUT2D eigenvalue weighted by Gasteiger charge is 2.23. The normalized spacial score (nSPS) is 12.7. The fourth-order valence-electron chi connectivity index (χ4n) is 3.54. The molecule has 3 rings (SSSR count). The lowest BCUT2D eigenvalue weighted by Crippen LogP contribution is -2.42. The average Bonchev–Trinajstić information content (AvgIpc) is 3.02. The van der Waals surface area contributed by atoms with Crippen LogP contribution in [-0.4, -0.2) is 37.9 Å². The molecule has 3 N–H and O–H groups in total. The van der Waals surface area contributed by atoms with Crippen LogP contribution in [0.5, 0.6) is 0 Å². The number of benzene rings is 1. The van der Waals surface area contributed by atoms with E-state index in [2.05, 4.69) is 45.3 Å². The molecule has 0 bridgehead atoms. The first-order chi connectivity index (χ1) is 15.0. The Hall–Kier alpha value is -3.35. The minimum atomic E-state index is -1.07. The highest BCUT2D eigenvalue weighted by molar-refractivity contribution is 5.97. The number of hydrogen-bond acceptors (Lipinski definition) is 4. The van der Waals surface area contributed by atoms with Crippen LogP contribution >= 0.6 is 0 Å². The van der Waals surface area contributed by atoms with Crippen molar-refractivity contribution in [3.8, 4) is 0 Å². The van der Waals surface area contributed by atoms with Crippen LogP contribution in [0.15, 0.2) is 48.7 Å². The number of anilines is 1. The highest BCUT2D eigenvalue weighted by atomic mass is 16.4. The zero-order valence-corrected chi connectivity index (χ0v) is 19.3. The van der Waals surface area contributed by atoms with Gasteiger partial charge in [-0.2, -0.15) is 0 Å². The third-order valence-electron chi connectivity index (χ3n) is 4.94. The quantitative estimate of drug-likeness (QED) is 0.493. The summed E-state index contributed by atoms with van der Waals surface area (Å²) < 4.78 is 1.94. The summed E-state index contributed by atoms with van der Waals surface area (Å²) in [5.74, 6) is -0.160. The van der Waals surface area contributed by atoms with Crippen LogP contribution in [0.25, 0.3) is 5.65 Å². The summed E-state index contributed by atoms with van der Waals surface area (Å²) in [7, 11) is 0. The van der Waals surface area contributed by atoms with Crippen molar-refractivity contribution in [2.24, 2.45) is 5.92 Å². The molecule has 0 aliphatic heterocycles. The number of nitrogens with zero attached hydrogens (tertiary/aromatic N) is 2. The molecule has 0 saturated carbocycles. The molecule has 7 heteroatoms. The first-order valence-corrected chi connectivity index (χ1v) is 10.9. The van der Waals surface area contributed by atoms with Gasteiger partial charge in [0.25, 0.3) is 5.91 Å². The van der Waals surface area contributed by atoms with Crippen LogP contribution < -0.4 is 10.6 Å². The summed E-state index contributed by atoms with van der Waals surface area (Å²) in [6, 6.07) is 11.6. The average molecular weight is 437 g/mol. The molecule has 2 heterocycles. The second kappa shape index (κ2) is 9.42. The lowest BCUT2D eigenvalue weighted by atomic mass is 10.1. The Balaban J connectivity index is 1.88. The van der Waals surface area contributed by atoms with Crippen molar-refractivity contribution in [3.05, 3.63) is 65.5 Å². The minimum absolute atomic E-state index is 0.149. The van der Waals surface area contributed by atoms with Crippen LogP contribution in [0, 0.1) is 5.92 Å². The number of carbonyl (C=O) groups excluding carboxylic acids is 1. The van der Waals surface area contributed by atoms with E-state index in [0.29, 0.717) is 17.1 Å². The third kappa shape index (κ3) is 5.87. The van der Waals surface area contributed by atoms with E-state index in [9.17, 15) is 14.7 Å². The molecule has 7 nitrogen and oxygen atoms in total. The van der Waals surface area contributed by atoms with Gasteiger partial charge in [0.15, 0.2) is 0 Å². The summed E-state index contributed by atoms with van der Waals surface area (Å²) >= 11 is 0. The zero-order chi connectivity index (χ0) is 23.5. The third-order valence-corrected chi connectivity index (χ3v) is 4.94. The molecule has 1 unspecified atom stereocenters. The van der Waals surface area contributed by atoms with Gasteiger partial charge in [-0.05, 0) is 50.8 Å². The largest absolute Gasteiger partial charge is 0.480 e. The molecular weight excluding hydrogens is 404 g/mol. The SMILES string of the molecule is CC(C)Cc1nc2cc(C(=O)NC(Cc3ccccc3)C(=O)O)ccn2c1NC(C)(C)C. The summed E-state index contributed by atoms with van der Waals surface area (Å²) in [5.41, 5.74) is 2.67. The van der Waals surface area contributed by atoms with Gasteiger partial charge in [-0.25, -0.2) is 9.78 Å². The van der Waals surface area contributed by atoms with Crippen molar-refractivity contribution >= 4 is 23.3 Å². The van der Waals surface area contributed by atoms with Gasteiger partial charge in [-0.3, -0.25) is 9.20 Å². The van der Waals surface area contributed by atoms with Gasteiger partial charge >= 0.3 is 5.97 Å². The Morgan fingerprint density at radius 3 is 2.38 bits per heavy atom. The predicted octanol–water partition coefficient (Wildman–Crippen LogP) is 4.17. The smallest absolute Gasteiger partial charge is 0.326 e. The van der Waals surface area contributed by atoms with E-state index in [1.165, 1.54) is 0 Å². The van der Waals surface area contributed by atoms with Gasteiger partial charge in [-0.1, -0.05) is 44.2 Å².